The molecule has 0 atom stereocenters. The second-order valence-electron chi connectivity index (χ2n) is 4.88. The van der Waals surface area contributed by atoms with Crippen molar-refractivity contribution in [3.05, 3.63) is 69.0 Å². The first-order valence-electron chi connectivity index (χ1n) is 6.87. The number of fused-ring (bicyclic) bond motifs is 1. The smallest absolute Gasteiger partial charge is 0.244 e. The first-order chi connectivity index (χ1) is 11.1. The van der Waals surface area contributed by atoms with Gasteiger partial charge in [-0.3, -0.25) is 4.79 Å². The number of carbonyl (C=O) groups excluding carboxylic acids is 1. The van der Waals surface area contributed by atoms with E-state index in [1.165, 1.54) is 6.21 Å². The Hall–Kier alpha value is -1.92. The van der Waals surface area contributed by atoms with Crippen LogP contribution in [0.4, 0.5) is 0 Å². The van der Waals surface area contributed by atoms with Crippen LogP contribution in [0.3, 0.4) is 0 Å². The maximum absolute atomic E-state index is 12.0. The van der Waals surface area contributed by atoms with Gasteiger partial charge in [-0.15, -0.1) is 0 Å². The van der Waals surface area contributed by atoms with Gasteiger partial charge in [-0.2, -0.15) is 5.10 Å². The van der Waals surface area contributed by atoms with E-state index in [1.54, 1.807) is 6.07 Å². The van der Waals surface area contributed by atoms with E-state index in [9.17, 15) is 4.79 Å². The summed E-state index contributed by atoms with van der Waals surface area (Å²) in [4.78, 5) is 12.0. The Morgan fingerprint density at radius 3 is 2.74 bits per heavy atom. The number of furan rings is 1. The average molecular weight is 436 g/mol. The first kappa shape index (κ1) is 16.0. The van der Waals surface area contributed by atoms with Crippen molar-refractivity contribution in [1.29, 1.82) is 0 Å². The fourth-order valence-electron chi connectivity index (χ4n) is 2.25. The summed E-state index contributed by atoms with van der Waals surface area (Å²) in [7, 11) is 0. The van der Waals surface area contributed by atoms with Gasteiger partial charge in [0.05, 0.1) is 17.1 Å². The highest BCUT2D eigenvalue weighted by molar-refractivity contribution is 9.13. The van der Waals surface area contributed by atoms with Gasteiger partial charge >= 0.3 is 0 Å². The summed E-state index contributed by atoms with van der Waals surface area (Å²) in [6.45, 7) is 0. The van der Waals surface area contributed by atoms with Gasteiger partial charge in [0.2, 0.25) is 5.91 Å². The topological polar surface area (TPSA) is 54.6 Å². The molecule has 0 unspecified atom stereocenters. The Kier molecular flexibility index (Phi) is 4.93. The highest BCUT2D eigenvalue weighted by Crippen LogP contribution is 2.25. The lowest BCUT2D eigenvalue weighted by Crippen LogP contribution is -2.19. The van der Waals surface area contributed by atoms with Gasteiger partial charge in [0.1, 0.15) is 5.76 Å². The molecule has 0 radical (unpaired) electrons. The van der Waals surface area contributed by atoms with Crippen LogP contribution in [0.15, 0.2) is 67.2 Å². The molecule has 2 aromatic carbocycles. The molecule has 4 nitrogen and oxygen atoms in total. The zero-order valence-corrected chi connectivity index (χ0v) is 15.1. The molecule has 0 fully saturated rings. The summed E-state index contributed by atoms with van der Waals surface area (Å²) in [5.41, 5.74) is 3.48. The molecule has 0 bridgehead atoms. The summed E-state index contributed by atoms with van der Waals surface area (Å²) >= 11 is 6.56. The molecule has 1 amide bonds. The molecule has 1 heterocycles. The standard InChI is InChI=1S/C17H12Br2N2O2/c18-15-9-13(23-17(15)19)10-20-21-16(22)8-12-6-3-5-11-4-1-2-7-14(11)12/h1-7,9-10H,8H2,(H,21,22)/b20-10-. The SMILES string of the molecule is O=C(Cc1cccc2ccccc12)N/N=C\c1cc(Br)c(Br)o1. The molecule has 3 aromatic rings. The average Bonchev–Trinajstić information content (AvgIpc) is 2.86. The van der Waals surface area contributed by atoms with Gasteiger partial charge in [-0.05, 0) is 48.2 Å². The minimum Gasteiger partial charge on any atom is -0.447 e. The van der Waals surface area contributed by atoms with Crippen LogP contribution in [0, 0.1) is 0 Å². The van der Waals surface area contributed by atoms with E-state index in [4.69, 9.17) is 4.42 Å². The van der Waals surface area contributed by atoms with Crippen LogP contribution in [0.2, 0.25) is 0 Å². The Morgan fingerprint density at radius 2 is 1.96 bits per heavy atom. The lowest BCUT2D eigenvalue weighted by molar-refractivity contribution is -0.120. The minimum absolute atomic E-state index is 0.178. The number of halogens is 2. The largest absolute Gasteiger partial charge is 0.447 e. The van der Waals surface area contributed by atoms with Gasteiger partial charge in [-0.25, -0.2) is 5.43 Å². The van der Waals surface area contributed by atoms with Gasteiger partial charge in [0.15, 0.2) is 4.67 Å². The van der Waals surface area contributed by atoms with E-state index in [1.807, 2.05) is 42.5 Å². The van der Waals surface area contributed by atoms with E-state index >= 15 is 0 Å². The summed E-state index contributed by atoms with van der Waals surface area (Å²) in [6, 6.07) is 15.7. The lowest BCUT2D eigenvalue weighted by atomic mass is 10.0. The van der Waals surface area contributed by atoms with E-state index in [2.05, 4.69) is 42.4 Å². The molecule has 0 spiro atoms. The van der Waals surface area contributed by atoms with Crippen molar-refractivity contribution in [1.82, 2.24) is 5.43 Å². The number of rotatable bonds is 4. The highest BCUT2D eigenvalue weighted by Gasteiger charge is 2.07. The molecule has 0 aliphatic carbocycles. The molecule has 116 valence electrons. The van der Waals surface area contributed by atoms with E-state index in [-0.39, 0.29) is 12.3 Å². The molecule has 0 aliphatic rings. The maximum Gasteiger partial charge on any atom is 0.244 e. The normalized spacial score (nSPS) is 11.2. The van der Waals surface area contributed by atoms with Crippen molar-refractivity contribution in [3.8, 4) is 0 Å². The summed E-state index contributed by atoms with van der Waals surface area (Å²) < 4.78 is 6.72. The van der Waals surface area contributed by atoms with E-state index in [0.29, 0.717) is 10.4 Å². The van der Waals surface area contributed by atoms with Crippen LogP contribution in [0.5, 0.6) is 0 Å². The van der Waals surface area contributed by atoms with Crippen molar-refractivity contribution >= 4 is 54.8 Å². The summed E-state index contributed by atoms with van der Waals surface area (Å²) in [5, 5.41) is 6.11. The van der Waals surface area contributed by atoms with Crippen molar-refractivity contribution in [2.24, 2.45) is 5.10 Å². The Balaban J connectivity index is 1.67. The van der Waals surface area contributed by atoms with Crippen LogP contribution >= 0.6 is 31.9 Å². The van der Waals surface area contributed by atoms with Crippen molar-refractivity contribution in [2.75, 3.05) is 0 Å². The third kappa shape index (κ3) is 3.89. The zero-order chi connectivity index (χ0) is 16.2. The zero-order valence-electron chi connectivity index (χ0n) is 11.9. The number of hydrazone groups is 1. The quantitative estimate of drug-likeness (QED) is 0.479. The molecule has 0 aliphatic heterocycles. The van der Waals surface area contributed by atoms with Crippen molar-refractivity contribution in [3.63, 3.8) is 0 Å². The predicted octanol–water partition coefficient (Wildman–Crippen LogP) is 4.65. The molecule has 1 N–H and O–H groups in total. The van der Waals surface area contributed by atoms with E-state index < -0.39 is 0 Å². The Morgan fingerprint density at radius 1 is 1.17 bits per heavy atom. The van der Waals surface area contributed by atoms with Crippen molar-refractivity contribution in [2.45, 2.75) is 6.42 Å². The van der Waals surface area contributed by atoms with Crippen LogP contribution in [0.1, 0.15) is 11.3 Å². The number of carbonyl (C=O) groups is 1. The molecule has 6 heteroatoms. The minimum atomic E-state index is -0.178. The summed E-state index contributed by atoms with van der Waals surface area (Å²) in [6.07, 6.45) is 1.72. The third-order valence-corrected chi connectivity index (χ3v) is 4.99. The van der Waals surface area contributed by atoms with Gasteiger partial charge in [0.25, 0.3) is 0 Å². The van der Waals surface area contributed by atoms with Gasteiger partial charge in [0, 0.05) is 6.07 Å². The predicted molar refractivity (Wildman–Crippen MR) is 97.5 cm³/mol. The van der Waals surface area contributed by atoms with Crippen LogP contribution in [-0.4, -0.2) is 12.1 Å². The molecule has 0 saturated heterocycles. The number of nitrogens with zero attached hydrogens (tertiary/aromatic N) is 1. The number of benzene rings is 2. The monoisotopic (exact) mass is 434 g/mol. The Labute approximate surface area is 149 Å². The number of amides is 1. The fourth-order valence-corrected chi connectivity index (χ4v) is 2.86. The Bertz CT molecular complexity index is 862. The highest BCUT2D eigenvalue weighted by atomic mass is 79.9. The van der Waals surface area contributed by atoms with Gasteiger partial charge in [-0.1, -0.05) is 42.5 Å². The molecule has 0 saturated carbocycles. The first-order valence-corrected chi connectivity index (χ1v) is 8.45. The molecule has 1 aromatic heterocycles. The second-order valence-corrected chi connectivity index (χ2v) is 6.45. The third-order valence-electron chi connectivity index (χ3n) is 3.28. The lowest BCUT2D eigenvalue weighted by Gasteiger charge is -2.05. The molecule has 23 heavy (non-hydrogen) atoms. The van der Waals surface area contributed by atoms with Crippen LogP contribution in [-0.2, 0) is 11.2 Å². The fraction of sp³-hybridized carbons (Fsp3) is 0.0588. The van der Waals surface area contributed by atoms with Crippen molar-refractivity contribution < 1.29 is 9.21 Å². The molecule has 3 rings (SSSR count). The summed E-state index contributed by atoms with van der Waals surface area (Å²) in [5.74, 6) is 0.358. The van der Waals surface area contributed by atoms with Crippen LogP contribution < -0.4 is 5.43 Å². The molecular weight excluding hydrogens is 424 g/mol. The van der Waals surface area contributed by atoms with Gasteiger partial charge < -0.3 is 4.42 Å². The molecular formula is C17H12Br2N2O2. The van der Waals surface area contributed by atoms with E-state index in [0.717, 1.165) is 20.8 Å². The number of hydrogen-bond acceptors (Lipinski definition) is 3. The van der Waals surface area contributed by atoms with Crippen LogP contribution in [0.25, 0.3) is 10.8 Å². The maximum atomic E-state index is 12.0. The number of nitrogens with one attached hydrogen (secondary N) is 1. The number of hydrogen-bond donors (Lipinski definition) is 1. The second kappa shape index (κ2) is 7.10.